The third-order valence-electron chi connectivity index (χ3n) is 5.71. The van der Waals surface area contributed by atoms with E-state index >= 15 is 0 Å². The first-order chi connectivity index (χ1) is 16.8. The molecule has 206 valence electrons. The SMILES string of the molecule is CCC(C)C(NC(=O)C(N)CCC(N)=O)C(=O)NC(CCCCN)C(=O)NC(CCC(N)=O)C(=O)O. The van der Waals surface area contributed by atoms with Crippen molar-refractivity contribution >= 4 is 35.5 Å². The Hall–Kier alpha value is -3.26. The first kappa shape index (κ1) is 32.7. The van der Waals surface area contributed by atoms with Crippen molar-refractivity contribution in [1.29, 1.82) is 0 Å². The van der Waals surface area contributed by atoms with Gasteiger partial charge in [0.1, 0.15) is 18.1 Å². The Bertz CT molecular complexity index is 778. The molecule has 5 atom stereocenters. The van der Waals surface area contributed by atoms with Crippen molar-refractivity contribution < 1.29 is 33.9 Å². The number of nitrogens with one attached hydrogen (secondary N) is 3. The number of carbonyl (C=O) groups excluding carboxylic acids is 5. The van der Waals surface area contributed by atoms with Crippen molar-refractivity contribution in [3.63, 3.8) is 0 Å². The number of unbranched alkanes of at least 4 members (excludes halogenated alkanes) is 1. The number of aliphatic carboxylic acids is 1. The van der Waals surface area contributed by atoms with Crippen molar-refractivity contribution in [3.05, 3.63) is 0 Å². The third kappa shape index (κ3) is 13.0. The smallest absolute Gasteiger partial charge is 0.326 e. The quantitative estimate of drug-likeness (QED) is 0.0848. The Kier molecular flexibility index (Phi) is 15.7. The van der Waals surface area contributed by atoms with Gasteiger partial charge in [-0.05, 0) is 44.6 Å². The number of hydrogen-bond acceptors (Lipinski definition) is 8. The predicted octanol–water partition coefficient (Wildman–Crippen LogP) is -2.44. The van der Waals surface area contributed by atoms with Gasteiger partial charge in [-0.3, -0.25) is 24.0 Å². The molecule has 0 radical (unpaired) electrons. The number of nitrogens with two attached hydrogens (primary N) is 4. The zero-order valence-corrected chi connectivity index (χ0v) is 21.0. The maximum Gasteiger partial charge on any atom is 0.326 e. The molecule has 0 aromatic heterocycles. The second kappa shape index (κ2) is 17.2. The van der Waals surface area contributed by atoms with Gasteiger partial charge in [-0.25, -0.2) is 4.79 Å². The van der Waals surface area contributed by atoms with Crippen LogP contribution in [0.5, 0.6) is 0 Å². The van der Waals surface area contributed by atoms with Crippen LogP contribution >= 0.6 is 0 Å². The molecule has 36 heavy (non-hydrogen) atoms. The lowest BCUT2D eigenvalue weighted by molar-refractivity contribution is -0.142. The molecule has 0 bridgehead atoms. The van der Waals surface area contributed by atoms with Crippen molar-refractivity contribution in [3.8, 4) is 0 Å². The molecule has 12 N–H and O–H groups in total. The average molecular weight is 516 g/mol. The molecule has 0 heterocycles. The molecule has 0 aromatic rings. The van der Waals surface area contributed by atoms with E-state index < -0.39 is 59.7 Å². The molecule has 0 fully saturated rings. The lowest BCUT2D eigenvalue weighted by Gasteiger charge is -2.28. The molecule has 0 aliphatic rings. The average Bonchev–Trinajstić information content (AvgIpc) is 2.81. The van der Waals surface area contributed by atoms with Crippen molar-refractivity contribution in [1.82, 2.24) is 16.0 Å². The summed E-state index contributed by atoms with van der Waals surface area (Å²) in [6, 6.07) is -4.61. The highest BCUT2D eigenvalue weighted by Crippen LogP contribution is 2.11. The summed E-state index contributed by atoms with van der Waals surface area (Å²) in [7, 11) is 0. The van der Waals surface area contributed by atoms with Crippen LogP contribution in [0.3, 0.4) is 0 Å². The second-order valence-electron chi connectivity index (χ2n) is 8.73. The second-order valence-corrected chi connectivity index (χ2v) is 8.73. The Morgan fingerprint density at radius 1 is 0.778 bits per heavy atom. The van der Waals surface area contributed by atoms with Gasteiger partial charge in [-0.1, -0.05) is 20.3 Å². The zero-order chi connectivity index (χ0) is 27.8. The van der Waals surface area contributed by atoms with Crippen LogP contribution in [0, 0.1) is 5.92 Å². The summed E-state index contributed by atoms with van der Waals surface area (Å²) in [5.41, 5.74) is 21.5. The molecule has 0 aliphatic carbocycles. The summed E-state index contributed by atoms with van der Waals surface area (Å²) in [5.74, 6) is -5.10. The van der Waals surface area contributed by atoms with E-state index in [-0.39, 0.29) is 38.0 Å². The van der Waals surface area contributed by atoms with E-state index in [9.17, 15) is 33.9 Å². The molecule has 0 aliphatic heterocycles. The van der Waals surface area contributed by atoms with Crippen LogP contribution in [0.4, 0.5) is 0 Å². The van der Waals surface area contributed by atoms with E-state index in [0.29, 0.717) is 25.8 Å². The van der Waals surface area contributed by atoms with Crippen LogP contribution in [0.2, 0.25) is 0 Å². The topological polar surface area (TPSA) is 263 Å². The van der Waals surface area contributed by atoms with Gasteiger partial charge in [-0.15, -0.1) is 0 Å². The summed E-state index contributed by atoms with van der Waals surface area (Å²) in [6.45, 7) is 3.90. The fourth-order valence-corrected chi connectivity index (χ4v) is 3.23. The minimum atomic E-state index is -1.38. The summed E-state index contributed by atoms with van der Waals surface area (Å²) in [5, 5.41) is 16.9. The van der Waals surface area contributed by atoms with Crippen molar-refractivity contribution in [2.45, 2.75) is 89.4 Å². The Labute approximate surface area is 210 Å². The number of hydrogen-bond donors (Lipinski definition) is 8. The number of primary amides is 2. The molecule has 14 heteroatoms. The van der Waals surface area contributed by atoms with Gasteiger partial charge >= 0.3 is 5.97 Å². The number of carboxylic acid groups (broad SMARTS) is 1. The van der Waals surface area contributed by atoms with Crippen LogP contribution in [-0.4, -0.2) is 71.3 Å². The summed E-state index contributed by atoms with van der Waals surface area (Å²) < 4.78 is 0. The minimum Gasteiger partial charge on any atom is -0.480 e. The standard InChI is InChI=1S/C22H41N7O7/c1-3-12(2)18(29-19(32)13(24)7-9-16(25)30)21(34)27-14(6-4-5-11-23)20(33)28-15(22(35)36)8-10-17(26)31/h12-15,18H,3-11,23-24H2,1-2H3,(H2,25,30)(H2,26,31)(H,27,34)(H,28,33)(H,29,32)(H,35,36). The zero-order valence-electron chi connectivity index (χ0n) is 21.0. The molecule has 0 saturated carbocycles. The highest BCUT2D eigenvalue weighted by molar-refractivity contribution is 5.94. The fraction of sp³-hybridized carbons (Fsp3) is 0.727. The van der Waals surface area contributed by atoms with E-state index in [2.05, 4.69) is 16.0 Å². The van der Waals surface area contributed by atoms with Gasteiger partial charge in [0.05, 0.1) is 6.04 Å². The Balaban J connectivity index is 5.55. The lowest BCUT2D eigenvalue weighted by atomic mass is 9.96. The molecule has 5 unspecified atom stereocenters. The minimum absolute atomic E-state index is 0.00200. The first-order valence-corrected chi connectivity index (χ1v) is 12.0. The van der Waals surface area contributed by atoms with Crippen molar-refractivity contribution in [2.24, 2.45) is 28.9 Å². The molecule has 0 saturated heterocycles. The number of rotatable bonds is 19. The van der Waals surface area contributed by atoms with Gasteiger partial charge in [0.15, 0.2) is 0 Å². The van der Waals surface area contributed by atoms with Gasteiger partial charge in [0, 0.05) is 12.8 Å². The van der Waals surface area contributed by atoms with Gasteiger partial charge in [-0.2, -0.15) is 0 Å². The van der Waals surface area contributed by atoms with Gasteiger partial charge in [0.2, 0.25) is 29.5 Å². The van der Waals surface area contributed by atoms with Gasteiger partial charge < -0.3 is 44.0 Å². The summed E-state index contributed by atoms with van der Waals surface area (Å²) in [6.07, 6.45) is 1.13. The van der Waals surface area contributed by atoms with E-state index in [1.165, 1.54) is 0 Å². The highest BCUT2D eigenvalue weighted by Gasteiger charge is 2.32. The molecule has 0 spiro atoms. The molecular formula is C22H41N7O7. The molecular weight excluding hydrogens is 474 g/mol. The molecule has 14 nitrogen and oxygen atoms in total. The summed E-state index contributed by atoms with van der Waals surface area (Å²) in [4.78, 5) is 72.0. The number of carbonyl (C=O) groups is 6. The summed E-state index contributed by atoms with van der Waals surface area (Å²) >= 11 is 0. The Morgan fingerprint density at radius 3 is 1.83 bits per heavy atom. The molecule has 0 aromatic carbocycles. The number of carboxylic acids is 1. The van der Waals surface area contributed by atoms with Crippen LogP contribution in [0.25, 0.3) is 0 Å². The third-order valence-corrected chi connectivity index (χ3v) is 5.71. The Morgan fingerprint density at radius 2 is 1.33 bits per heavy atom. The fourth-order valence-electron chi connectivity index (χ4n) is 3.23. The lowest BCUT2D eigenvalue weighted by Crippen LogP contribution is -2.58. The van der Waals surface area contributed by atoms with Crippen LogP contribution in [-0.2, 0) is 28.8 Å². The van der Waals surface area contributed by atoms with E-state index in [0.717, 1.165) is 0 Å². The highest BCUT2D eigenvalue weighted by atomic mass is 16.4. The van der Waals surface area contributed by atoms with Crippen LogP contribution in [0.1, 0.15) is 65.2 Å². The maximum absolute atomic E-state index is 13.1. The molecule has 0 rings (SSSR count). The van der Waals surface area contributed by atoms with Crippen LogP contribution < -0.4 is 38.9 Å². The van der Waals surface area contributed by atoms with Gasteiger partial charge in [0.25, 0.3) is 0 Å². The molecule has 5 amide bonds. The normalized spacial score (nSPS) is 15.0. The monoisotopic (exact) mass is 515 g/mol. The number of amides is 5. The van der Waals surface area contributed by atoms with Crippen molar-refractivity contribution in [2.75, 3.05) is 6.54 Å². The largest absolute Gasteiger partial charge is 0.480 e. The van der Waals surface area contributed by atoms with E-state index in [1.54, 1.807) is 6.92 Å². The van der Waals surface area contributed by atoms with Crippen LogP contribution in [0.15, 0.2) is 0 Å². The predicted molar refractivity (Wildman–Crippen MR) is 131 cm³/mol. The van der Waals surface area contributed by atoms with E-state index in [1.807, 2.05) is 6.92 Å². The maximum atomic E-state index is 13.1. The van der Waals surface area contributed by atoms with E-state index in [4.69, 9.17) is 22.9 Å². The first-order valence-electron chi connectivity index (χ1n) is 12.0.